The molecule has 1 atom stereocenters. The van der Waals surface area contributed by atoms with Gasteiger partial charge in [0.1, 0.15) is 16.7 Å². The molecule has 0 aliphatic carbocycles. The second-order valence-electron chi connectivity index (χ2n) is 10.4. The normalized spacial score (nSPS) is 15.9. The molecule has 0 spiro atoms. The van der Waals surface area contributed by atoms with Gasteiger partial charge in [-0.15, -0.1) is 11.3 Å². The van der Waals surface area contributed by atoms with E-state index in [2.05, 4.69) is 51.0 Å². The zero-order chi connectivity index (χ0) is 26.3. The Morgan fingerprint density at radius 2 is 2.05 bits per heavy atom. The fraction of sp³-hybridized carbons (Fsp3) is 0.385. The number of hydrogen-bond donors (Lipinski definition) is 3. The number of rotatable bonds is 6. The number of imidazole rings is 1. The summed E-state index contributed by atoms with van der Waals surface area (Å²) in [6.45, 7) is 9.68. The molecule has 0 bridgehead atoms. The van der Waals surface area contributed by atoms with Crippen molar-refractivity contribution in [3.63, 3.8) is 0 Å². The number of aromatic nitrogens is 5. The molecule has 37 heavy (non-hydrogen) atoms. The van der Waals surface area contributed by atoms with Gasteiger partial charge in [0, 0.05) is 30.6 Å². The molecule has 4 aromatic rings. The van der Waals surface area contributed by atoms with Crippen molar-refractivity contribution >= 4 is 40.3 Å². The molecule has 1 aliphatic rings. The van der Waals surface area contributed by atoms with Gasteiger partial charge in [0.2, 0.25) is 5.95 Å². The third-order valence-electron chi connectivity index (χ3n) is 6.54. The van der Waals surface area contributed by atoms with E-state index in [4.69, 9.17) is 0 Å². The minimum Gasteiger partial charge on any atom is -0.481 e. The number of carboxylic acids is 1. The number of thiazole rings is 1. The van der Waals surface area contributed by atoms with E-state index in [0.717, 1.165) is 27.4 Å². The number of amides is 1. The Labute approximate surface area is 218 Å². The van der Waals surface area contributed by atoms with Crippen LogP contribution in [0.2, 0.25) is 0 Å². The number of hydrogen-bond acceptors (Lipinski definition) is 8. The van der Waals surface area contributed by atoms with Crippen molar-refractivity contribution in [3.05, 3.63) is 51.7 Å². The van der Waals surface area contributed by atoms with Gasteiger partial charge in [-0.2, -0.15) is 4.98 Å². The highest BCUT2D eigenvalue weighted by atomic mass is 32.1. The molecule has 1 aromatic carbocycles. The summed E-state index contributed by atoms with van der Waals surface area (Å²) in [5, 5.41) is 13.2. The molecule has 0 saturated carbocycles. The van der Waals surface area contributed by atoms with Gasteiger partial charge in [-0.1, -0.05) is 32.9 Å². The van der Waals surface area contributed by atoms with Gasteiger partial charge in [-0.3, -0.25) is 9.59 Å². The maximum absolute atomic E-state index is 12.7. The van der Waals surface area contributed by atoms with Gasteiger partial charge >= 0.3 is 5.97 Å². The minimum atomic E-state index is -0.785. The number of nitrogens with zero attached hydrogens (tertiary/aromatic N) is 5. The summed E-state index contributed by atoms with van der Waals surface area (Å²) in [6.07, 6.45) is 3.71. The molecular weight excluding hydrogens is 490 g/mol. The lowest BCUT2D eigenvalue weighted by molar-refractivity contribution is -0.140. The van der Waals surface area contributed by atoms with Crippen LogP contribution in [0.15, 0.2) is 30.7 Å². The van der Waals surface area contributed by atoms with Gasteiger partial charge in [0.25, 0.3) is 5.91 Å². The van der Waals surface area contributed by atoms with Crippen molar-refractivity contribution < 1.29 is 14.7 Å². The molecule has 1 saturated heterocycles. The van der Waals surface area contributed by atoms with Crippen LogP contribution in [-0.2, 0) is 16.8 Å². The predicted octanol–water partition coefficient (Wildman–Crippen LogP) is 3.92. The van der Waals surface area contributed by atoms with Gasteiger partial charge in [-0.25, -0.2) is 15.0 Å². The Morgan fingerprint density at radius 3 is 2.73 bits per heavy atom. The quantitative estimate of drug-likeness (QED) is 0.349. The Bertz CT molecular complexity index is 1490. The second kappa shape index (κ2) is 9.55. The fourth-order valence-corrected chi connectivity index (χ4v) is 5.26. The molecule has 5 rings (SSSR count). The van der Waals surface area contributed by atoms with Crippen molar-refractivity contribution in [2.45, 2.75) is 46.1 Å². The number of carbonyl (C=O) groups is 2. The minimum absolute atomic E-state index is 0.0905. The van der Waals surface area contributed by atoms with Crippen LogP contribution in [0.5, 0.6) is 0 Å². The predicted molar refractivity (Wildman–Crippen MR) is 142 cm³/mol. The Kier molecular flexibility index (Phi) is 6.40. The Hall–Kier alpha value is -3.86. The number of aromatic amines is 1. The van der Waals surface area contributed by atoms with Crippen LogP contribution in [0.3, 0.4) is 0 Å². The zero-order valence-corrected chi connectivity index (χ0v) is 22.0. The highest BCUT2D eigenvalue weighted by molar-refractivity contribution is 7.13. The summed E-state index contributed by atoms with van der Waals surface area (Å²) in [4.78, 5) is 47.6. The lowest BCUT2D eigenvalue weighted by Crippen LogP contribution is -2.23. The number of carbonyl (C=O) groups excluding carboxylic acids is 1. The van der Waals surface area contributed by atoms with Crippen molar-refractivity contribution in [2.75, 3.05) is 18.0 Å². The Balaban J connectivity index is 1.32. The summed E-state index contributed by atoms with van der Waals surface area (Å²) in [5.41, 5.74) is 4.79. The van der Waals surface area contributed by atoms with E-state index >= 15 is 0 Å². The highest BCUT2D eigenvalue weighted by Gasteiger charge is 2.30. The average molecular weight is 520 g/mol. The van der Waals surface area contributed by atoms with Crippen molar-refractivity contribution in [3.8, 4) is 11.3 Å². The molecule has 4 heterocycles. The maximum Gasteiger partial charge on any atom is 0.308 e. The van der Waals surface area contributed by atoms with Crippen LogP contribution < -0.4 is 10.2 Å². The molecule has 3 N–H and O–H groups in total. The SMILES string of the molecule is Cc1cc(-c2ncnc3nc(N4CCC(C(=O)O)C4)[nH]c23)ccc1CNC(=O)c1cnc(C(C)(C)C)s1. The molecular formula is C26H29N7O3S. The number of aryl methyl sites for hydroxylation is 1. The number of fused-ring (bicyclic) bond motifs is 1. The lowest BCUT2D eigenvalue weighted by atomic mass is 9.98. The first-order valence-corrected chi connectivity index (χ1v) is 12.9. The third-order valence-corrected chi connectivity index (χ3v) is 7.96. The fourth-order valence-electron chi connectivity index (χ4n) is 4.37. The van der Waals surface area contributed by atoms with Crippen molar-refractivity contribution in [1.29, 1.82) is 0 Å². The standard InChI is InChI=1S/C26H29N7O3S/c1-14-9-15(5-6-16(14)10-27-22(34)18-11-28-24(37-18)26(2,3)4)19-20-21(30-13-29-19)32-25(31-20)33-8-7-17(12-33)23(35)36/h5-6,9,11,13,17H,7-8,10,12H2,1-4H3,(H,27,34)(H,35,36)(H,29,30,31,32). The van der Waals surface area contributed by atoms with Gasteiger partial charge in [0.05, 0.1) is 22.8 Å². The van der Waals surface area contributed by atoms with Crippen LogP contribution >= 0.6 is 11.3 Å². The van der Waals surface area contributed by atoms with E-state index < -0.39 is 11.9 Å². The average Bonchev–Trinajstić information content (AvgIpc) is 3.61. The van der Waals surface area contributed by atoms with E-state index in [1.165, 1.54) is 17.7 Å². The molecule has 192 valence electrons. The van der Waals surface area contributed by atoms with E-state index in [1.807, 2.05) is 30.0 Å². The molecule has 1 amide bonds. The number of aliphatic carboxylic acids is 1. The van der Waals surface area contributed by atoms with E-state index in [-0.39, 0.29) is 11.3 Å². The summed E-state index contributed by atoms with van der Waals surface area (Å²) in [6, 6.07) is 5.99. The monoisotopic (exact) mass is 519 g/mol. The molecule has 11 heteroatoms. The zero-order valence-electron chi connectivity index (χ0n) is 21.2. The summed E-state index contributed by atoms with van der Waals surface area (Å²) in [5.74, 6) is -0.709. The smallest absolute Gasteiger partial charge is 0.308 e. The number of carboxylic acid groups (broad SMARTS) is 1. The topological polar surface area (TPSA) is 137 Å². The molecule has 0 radical (unpaired) electrons. The number of anilines is 1. The highest BCUT2D eigenvalue weighted by Crippen LogP contribution is 2.30. The first-order chi connectivity index (χ1) is 17.6. The molecule has 10 nitrogen and oxygen atoms in total. The molecule has 1 fully saturated rings. The first kappa shape index (κ1) is 24.8. The lowest BCUT2D eigenvalue weighted by Gasteiger charge is -2.13. The van der Waals surface area contributed by atoms with Crippen molar-refractivity contribution in [2.24, 2.45) is 5.92 Å². The summed E-state index contributed by atoms with van der Waals surface area (Å²) < 4.78 is 0. The number of nitrogens with one attached hydrogen (secondary N) is 2. The van der Waals surface area contributed by atoms with Crippen LogP contribution in [0.4, 0.5) is 5.95 Å². The largest absolute Gasteiger partial charge is 0.481 e. The molecule has 1 unspecified atom stereocenters. The first-order valence-electron chi connectivity index (χ1n) is 12.1. The summed E-state index contributed by atoms with van der Waals surface area (Å²) in [7, 11) is 0. The summed E-state index contributed by atoms with van der Waals surface area (Å²) >= 11 is 1.42. The molecule has 1 aliphatic heterocycles. The van der Waals surface area contributed by atoms with Crippen molar-refractivity contribution in [1.82, 2.24) is 30.2 Å². The Morgan fingerprint density at radius 1 is 1.24 bits per heavy atom. The van der Waals surface area contributed by atoms with Gasteiger partial charge in [0.15, 0.2) is 5.65 Å². The van der Waals surface area contributed by atoms with Crippen LogP contribution in [0, 0.1) is 12.8 Å². The second-order valence-corrected chi connectivity index (χ2v) is 11.4. The van der Waals surface area contributed by atoms with E-state index in [9.17, 15) is 14.7 Å². The van der Waals surface area contributed by atoms with E-state index in [1.54, 1.807) is 6.20 Å². The molecule has 3 aromatic heterocycles. The van der Waals surface area contributed by atoms with E-state index in [0.29, 0.717) is 48.0 Å². The number of benzene rings is 1. The third kappa shape index (κ3) is 5.04. The maximum atomic E-state index is 12.7. The number of H-pyrrole nitrogens is 1. The van der Waals surface area contributed by atoms with Crippen LogP contribution in [0.25, 0.3) is 22.4 Å². The van der Waals surface area contributed by atoms with Gasteiger partial charge < -0.3 is 20.3 Å². The van der Waals surface area contributed by atoms with Crippen LogP contribution in [-0.4, -0.2) is 55.0 Å². The van der Waals surface area contributed by atoms with Crippen LogP contribution in [0.1, 0.15) is 53.0 Å². The van der Waals surface area contributed by atoms with Gasteiger partial charge in [-0.05, 0) is 30.5 Å².